The Morgan fingerprint density at radius 3 is 2.53 bits per heavy atom. The van der Waals surface area contributed by atoms with Gasteiger partial charge in [-0.25, -0.2) is 0 Å². The van der Waals surface area contributed by atoms with Gasteiger partial charge in [0.2, 0.25) is 0 Å². The molecule has 106 valence electrons. The van der Waals surface area contributed by atoms with Gasteiger partial charge in [-0.15, -0.1) is 0 Å². The molecule has 3 heteroatoms. The third-order valence-corrected chi connectivity index (χ3v) is 4.08. The molecule has 1 saturated carbocycles. The normalized spacial score (nSPS) is 18.6. The van der Waals surface area contributed by atoms with Crippen LogP contribution in [0.5, 0.6) is 0 Å². The van der Waals surface area contributed by atoms with E-state index in [1.165, 1.54) is 12.8 Å². The highest BCUT2D eigenvalue weighted by molar-refractivity contribution is 6.31. The fraction of sp³-hybridized carbons (Fsp3) is 0.625. The molecule has 1 N–H and O–H groups in total. The number of halogens is 1. The van der Waals surface area contributed by atoms with Crippen LogP contribution in [-0.2, 0) is 4.74 Å². The number of hydrogen-bond acceptors (Lipinski definition) is 2. The van der Waals surface area contributed by atoms with Gasteiger partial charge in [0.05, 0.1) is 12.2 Å². The van der Waals surface area contributed by atoms with Gasteiger partial charge in [0, 0.05) is 23.2 Å². The Morgan fingerprint density at radius 1 is 1.26 bits per heavy atom. The highest BCUT2D eigenvalue weighted by Crippen LogP contribution is 2.28. The molecule has 0 aromatic heterocycles. The van der Waals surface area contributed by atoms with Crippen molar-refractivity contribution >= 4 is 11.6 Å². The van der Waals surface area contributed by atoms with Crippen molar-refractivity contribution in [2.24, 2.45) is 5.92 Å². The van der Waals surface area contributed by atoms with Gasteiger partial charge in [-0.3, -0.25) is 0 Å². The second-order valence-corrected chi connectivity index (χ2v) is 6.19. The average molecular weight is 282 g/mol. The lowest BCUT2D eigenvalue weighted by Gasteiger charge is -2.26. The van der Waals surface area contributed by atoms with Crippen molar-refractivity contribution < 1.29 is 4.74 Å². The van der Waals surface area contributed by atoms with E-state index >= 15 is 0 Å². The molecule has 0 radical (unpaired) electrons. The molecule has 0 heterocycles. The molecule has 0 saturated heterocycles. The minimum atomic E-state index is 0.0340. The Labute approximate surface area is 121 Å². The third-order valence-electron chi connectivity index (χ3n) is 3.74. The van der Waals surface area contributed by atoms with E-state index in [1.54, 1.807) is 0 Å². The first-order valence-corrected chi connectivity index (χ1v) is 7.59. The molecule has 1 aliphatic carbocycles. The second-order valence-electron chi connectivity index (χ2n) is 5.78. The standard InChI is InChI=1S/C16H24ClNO/c1-11(2)12(3)19-16(10-18-13-8-9-13)14-6-4-5-7-15(14)17/h4-7,11-13,16,18H,8-10H2,1-3H3. The summed E-state index contributed by atoms with van der Waals surface area (Å²) < 4.78 is 6.21. The topological polar surface area (TPSA) is 21.3 Å². The maximum atomic E-state index is 6.31. The summed E-state index contributed by atoms with van der Waals surface area (Å²) in [7, 11) is 0. The van der Waals surface area contributed by atoms with E-state index in [4.69, 9.17) is 16.3 Å². The monoisotopic (exact) mass is 281 g/mol. The molecule has 0 spiro atoms. The Balaban J connectivity index is 2.05. The van der Waals surface area contributed by atoms with Gasteiger partial charge < -0.3 is 10.1 Å². The second kappa shape index (κ2) is 6.74. The molecule has 0 aliphatic heterocycles. The van der Waals surface area contributed by atoms with E-state index in [1.807, 2.05) is 18.2 Å². The summed E-state index contributed by atoms with van der Waals surface area (Å²) in [5, 5.41) is 4.34. The van der Waals surface area contributed by atoms with E-state index in [9.17, 15) is 0 Å². The van der Waals surface area contributed by atoms with Crippen LogP contribution in [0.2, 0.25) is 5.02 Å². The lowest BCUT2D eigenvalue weighted by molar-refractivity contribution is -0.0260. The van der Waals surface area contributed by atoms with Crippen molar-refractivity contribution in [1.82, 2.24) is 5.32 Å². The highest BCUT2D eigenvalue weighted by Gasteiger charge is 2.25. The van der Waals surface area contributed by atoms with Crippen LogP contribution in [0.25, 0.3) is 0 Å². The van der Waals surface area contributed by atoms with Crippen LogP contribution in [-0.4, -0.2) is 18.7 Å². The van der Waals surface area contributed by atoms with Gasteiger partial charge in [-0.1, -0.05) is 43.6 Å². The lowest BCUT2D eigenvalue weighted by atomic mass is 10.1. The molecule has 1 aliphatic rings. The zero-order valence-corrected chi connectivity index (χ0v) is 12.8. The molecule has 2 rings (SSSR count). The van der Waals surface area contributed by atoms with Gasteiger partial charge in [0.25, 0.3) is 0 Å². The van der Waals surface area contributed by atoms with E-state index in [0.29, 0.717) is 12.0 Å². The Bertz CT molecular complexity index is 403. The Morgan fingerprint density at radius 2 is 1.95 bits per heavy atom. The molecule has 0 bridgehead atoms. The molecular formula is C16H24ClNO. The van der Waals surface area contributed by atoms with Crippen LogP contribution >= 0.6 is 11.6 Å². The number of benzene rings is 1. The summed E-state index contributed by atoms with van der Waals surface area (Å²) in [4.78, 5) is 0. The first kappa shape index (κ1) is 14.8. The molecule has 2 atom stereocenters. The van der Waals surface area contributed by atoms with Crippen molar-refractivity contribution in [2.45, 2.75) is 51.9 Å². The summed E-state index contributed by atoms with van der Waals surface area (Å²) >= 11 is 6.31. The first-order chi connectivity index (χ1) is 9.08. The Hall–Kier alpha value is -0.570. The highest BCUT2D eigenvalue weighted by atomic mass is 35.5. The molecule has 1 aromatic carbocycles. The van der Waals surface area contributed by atoms with Crippen LogP contribution in [0.3, 0.4) is 0 Å². The fourth-order valence-corrected chi connectivity index (χ4v) is 2.20. The smallest absolute Gasteiger partial charge is 0.0967 e. The number of rotatable bonds is 7. The predicted octanol–water partition coefficient (Wildman–Crippen LogP) is 4.19. The summed E-state index contributed by atoms with van der Waals surface area (Å²) in [5.74, 6) is 0.505. The maximum Gasteiger partial charge on any atom is 0.0967 e. The minimum absolute atomic E-state index is 0.0340. The van der Waals surface area contributed by atoms with Gasteiger partial charge in [-0.05, 0) is 31.7 Å². The number of nitrogens with one attached hydrogen (secondary N) is 1. The van der Waals surface area contributed by atoms with Crippen molar-refractivity contribution in [3.63, 3.8) is 0 Å². The van der Waals surface area contributed by atoms with Crippen molar-refractivity contribution in [1.29, 1.82) is 0 Å². The van der Waals surface area contributed by atoms with Gasteiger partial charge >= 0.3 is 0 Å². The van der Waals surface area contributed by atoms with Gasteiger partial charge in [0.15, 0.2) is 0 Å². The molecule has 2 nitrogen and oxygen atoms in total. The number of hydrogen-bond donors (Lipinski definition) is 1. The molecular weight excluding hydrogens is 258 g/mol. The maximum absolute atomic E-state index is 6.31. The zero-order chi connectivity index (χ0) is 13.8. The van der Waals surface area contributed by atoms with Crippen LogP contribution in [0, 0.1) is 5.92 Å². The van der Waals surface area contributed by atoms with Crippen LogP contribution < -0.4 is 5.32 Å². The Kier molecular flexibility index (Phi) is 5.26. The molecule has 0 amide bonds. The van der Waals surface area contributed by atoms with Crippen LogP contribution in [0.15, 0.2) is 24.3 Å². The largest absolute Gasteiger partial charge is 0.369 e. The predicted molar refractivity (Wildman–Crippen MR) is 80.6 cm³/mol. The molecule has 1 aromatic rings. The summed E-state index contributed by atoms with van der Waals surface area (Å²) in [5.41, 5.74) is 1.09. The number of ether oxygens (including phenoxy) is 1. The van der Waals surface area contributed by atoms with Crippen LogP contribution in [0.4, 0.5) is 0 Å². The zero-order valence-electron chi connectivity index (χ0n) is 12.0. The lowest BCUT2D eigenvalue weighted by Crippen LogP contribution is -2.29. The third kappa shape index (κ3) is 4.48. The van der Waals surface area contributed by atoms with Crippen molar-refractivity contribution in [3.05, 3.63) is 34.9 Å². The van der Waals surface area contributed by atoms with Crippen LogP contribution in [0.1, 0.15) is 45.3 Å². The molecule has 19 heavy (non-hydrogen) atoms. The van der Waals surface area contributed by atoms with Gasteiger partial charge in [0.1, 0.15) is 0 Å². The quantitative estimate of drug-likeness (QED) is 0.809. The van der Waals surface area contributed by atoms with Gasteiger partial charge in [-0.2, -0.15) is 0 Å². The summed E-state index contributed by atoms with van der Waals surface area (Å²) in [6.07, 6.45) is 2.83. The SMILES string of the molecule is CC(C)C(C)OC(CNC1CC1)c1ccccc1Cl. The summed E-state index contributed by atoms with van der Waals surface area (Å²) in [6.45, 7) is 7.34. The fourth-order valence-electron chi connectivity index (χ4n) is 1.94. The van der Waals surface area contributed by atoms with E-state index in [-0.39, 0.29) is 12.2 Å². The average Bonchev–Trinajstić information content (AvgIpc) is 3.19. The molecule has 1 fully saturated rings. The summed E-state index contributed by atoms with van der Waals surface area (Å²) in [6, 6.07) is 8.67. The van der Waals surface area contributed by atoms with Crippen molar-refractivity contribution in [3.8, 4) is 0 Å². The van der Waals surface area contributed by atoms with E-state index in [2.05, 4.69) is 32.2 Å². The minimum Gasteiger partial charge on any atom is -0.369 e. The molecule has 2 unspecified atom stereocenters. The van der Waals surface area contributed by atoms with Crippen molar-refractivity contribution in [2.75, 3.05) is 6.54 Å². The van der Waals surface area contributed by atoms with E-state index in [0.717, 1.165) is 17.1 Å². The van der Waals surface area contributed by atoms with E-state index < -0.39 is 0 Å². The first-order valence-electron chi connectivity index (χ1n) is 7.21.